The number of hydrogen-bond acceptors (Lipinski definition) is 3. The summed E-state index contributed by atoms with van der Waals surface area (Å²) in [5, 5.41) is 0. The third kappa shape index (κ3) is 4.94. The van der Waals surface area contributed by atoms with Crippen LogP contribution in [0.3, 0.4) is 0 Å². The molecule has 1 atom stereocenters. The highest BCUT2D eigenvalue weighted by Crippen LogP contribution is 2.25. The normalized spacial score (nSPS) is 15.6. The number of nitrogens with one attached hydrogen (secondary N) is 1. The van der Waals surface area contributed by atoms with Gasteiger partial charge in [-0.1, -0.05) is 20.8 Å². The molecule has 1 unspecified atom stereocenters. The van der Waals surface area contributed by atoms with E-state index in [1.54, 1.807) is 7.11 Å². The van der Waals surface area contributed by atoms with Gasteiger partial charge in [-0.2, -0.15) is 0 Å². The van der Waals surface area contributed by atoms with Crippen molar-refractivity contribution in [3.8, 4) is 0 Å². The van der Waals surface area contributed by atoms with Crippen molar-refractivity contribution in [1.82, 2.24) is 5.43 Å². The summed E-state index contributed by atoms with van der Waals surface area (Å²) in [4.78, 5) is 0. The molecule has 0 saturated heterocycles. The van der Waals surface area contributed by atoms with Crippen LogP contribution in [0.4, 0.5) is 0 Å². The molecule has 0 aromatic heterocycles. The highest BCUT2D eigenvalue weighted by Gasteiger charge is 2.29. The molecule has 0 radical (unpaired) electrons. The maximum absolute atomic E-state index is 5.53. The number of hydrogen-bond donors (Lipinski definition) is 2. The Balaban J connectivity index is 4.17. The van der Waals surface area contributed by atoms with Crippen LogP contribution < -0.4 is 11.3 Å². The molecular formula is C11H26N2O. The van der Waals surface area contributed by atoms with E-state index >= 15 is 0 Å². The molecule has 0 aromatic rings. The SMILES string of the molecule is COC(C)(C)C(CCC(C)(C)C)NN. The lowest BCUT2D eigenvalue weighted by atomic mass is 9.85. The second-order valence-electron chi connectivity index (χ2n) is 5.63. The van der Waals surface area contributed by atoms with Crippen molar-refractivity contribution >= 4 is 0 Å². The Morgan fingerprint density at radius 1 is 1.21 bits per heavy atom. The van der Waals surface area contributed by atoms with E-state index in [2.05, 4.69) is 40.0 Å². The van der Waals surface area contributed by atoms with Gasteiger partial charge >= 0.3 is 0 Å². The molecule has 0 saturated carbocycles. The lowest BCUT2D eigenvalue weighted by Crippen LogP contribution is -2.51. The van der Waals surface area contributed by atoms with Crippen LogP contribution in [0.5, 0.6) is 0 Å². The van der Waals surface area contributed by atoms with Gasteiger partial charge in [0.2, 0.25) is 0 Å². The average Bonchev–Trinajstić information content (AvgIpc) is 2.03. The minimum absolute atomic E-state index is 0.201. The zero-order valence-electron chi connectivity index (χ0n) is 10.5. The maximum Gasteiger partial charge on any atom is 0.0788 e. The van der Waals surface area contributed by atoms with Crippen LogP contribution in [0.2, 0.25) is 0 Å². The highest BCUT2D eigenvalue weighted by atomic mass is 16.5. The summed E-state index contributed by atoms with van der Waals surface area (Å²) in [5.41, 5.74) is 2.98. The van der Waals surface area contributed by atoms with Gasteiger partial charge in [-0.05, 0) is 32.1 Å². The lowest BCUT2D eigenvalue weighted by Gasteiger charge is -2.34. The van der Waals surface area contributed by atoms with Gasteiger partial charge in [0, 0.05) is 13.2 Å². The molecule has 0 aromatic carbocycles. The molecule has 0 heterocycles. The number of rotatable bonds is 5. The van der Waals surface area contributed by atoms with Crippen molar-refractivity contribution < 1.29 is 4.74 Å². The van der Waals surface area contributed by atoms with Gasteiger partial charge in [-0.15, -0.1) is 0 Å². The molecule has 86 valence electrons. The first kappa shape index (κ1) is 13.9. The summed E-state index contributed by atoms with van der Waals surface area (Å²) >= 11 is 0. The molecule has 3 heteroatoms. The van der Waals surface area contributed by atoms with E-state index in [4.69, 9.17) is 10.6 Å². The summed E-state index contributed by atoms with van der Waals surface area (Å²) < 4.78 is 5.41. The van der Waals surface area contributed by atoms with Crippen LogP contribution >= 0.6 is 0 Å². The predicted molar refractivity (Wildman–Crippen MR) is 60.9 cm³/mol. The first-order valence-corrected chi connectivity index (χ1v) is 5.24. The second-order valence-corrected chi connectivity index (χ2v) is 5.63. The van der Waals surface area contributed by atoms with E-state index in [1.807, 2.05) is 0 Å². The van der Waals surface area contributed by atoms with Gasteiger partial charge in [-0.3, -0.25) is 11.3 Å². The molecule has 0 bridgehead atoms. The number of ether oxygens (including phenoxy) is 1. The van der Waals surface area contributed by atoms with Crippen LogP contribution in [0.25, 0.3) is 0 Å². The van der Waals surface area contributed by atoms with E-state index in [0.717, 1.165) is 12.8 Å². The molecule has 0 spiro atoms. The Labute approximate surface area is 88.4 Å². The van der Waals surface area contributed by atoms with Crippen LogP contribution in [0, 0.1) is 5.41 Å². The van der Waals surface area contributed by atoms with E-state index in [0.29, 0.717) is 5.41 Å². The van der Waals surface area contributed by atoms with E-state index in [9.17, 15) is 0 Å². The molecule has 3 N–H and O–H groups in total. The lowest BCUT2D eigenvalue weighted by molar-refractivity contribution is -0.0151. The summed E-state index contributed by atoms with van der Waals surface area (Å²) in [6, 6.07) is 0.201. The van der Waals surface area contributed by atoms with Gasteiger partial charge in [0.1, 0.15) is 0 Å². The number of methoxy groups -OCH3 is 1. The number of nitrogens with two attached hydrogens (primary N) is 1. The zero-order valence-corrected chi connectivity index (χ0v) is 10.5. The van der Waals surface area contributed by atoms with Crippen molar-refractivity contribution in [2.75, 3.05) is 7.11 Å². The summed E-state index contributed by atoms with van der Waals surface area (Å²) in [7, 11) is 1.72. The monoisotopic (exact) mass is 202 g/mol. The molecular weight excluding hydrogens is 176 g/mol. The van der Waals surface area contributed by atoms with Crippen LogP contribution in [0.1, 0.15) is 47.5 Å². The molecule has 0 amide bonds. The average molecular weight is 202 g/mol. The van der Waals surface area contributed by atoms with E-state index < -0.39 is 0 Å². The van der Waals surface area contributed by atoms with Crippen LogP contribution in [0.15, 0.2) is 0 Å². The van der Waals surface area contributed by atoms with Crippen LogP contribution in [-0.4, -0.2) is 18.8 Å². The first-order valence-electron chi connectivity index (χ1n) is 5.24. The Morgan fingerprint density at radius 2 is 1.71 bits per heavy atom. The van der Waals surface area contributed by atoms with Crippen molar-refractivity contribution in [3.05, 3.63) is 0 Å². The molecule has 0 rings (SSSR count). The van der Waals surface area contributed by atoms with Gasteiger partial charge < -0.3 is 4.74 Å². The fourth-order valence-electron chi connectivity index (χ4n) is 1.35. The molecule has 3 nitrogen and oxygen atoms in total. The van der Waals surface area contributed by atoms with Gasteiger partial charge in [0.25, 0.3) is 0 Å². The Kier molecular flexibility index (Phi) is 5.06. The standard InChI is InChI=1S/C11H26N2O/c1-10(2,3)8-7-9(13-12)11(4,5)14-6/h9,13H,7-8,12H2,1-6H3. The van der Waals surface area contributed by atoms with Gasteiger partial charge in [0.15, 0.2) is 0 Å². The molecule has 0 fully saturated rings. The Hall–Kier alpha value is -0.120. The van der Waals surface area contributed by atoms with Gasteiger partial charge in [-0.25, -0.2) is 0 Å². The predicted octanol–water partition coefficient (Wildman–Crippen LogP) is 2.07. The quantitative estimate of drug-likeness (QED) is 0.530. The van der Waals surface area contributed by atoms with Crippen molar-refractivity contribution in [1.29, 1.82) is 0 Å². The molecule has 0 aliphatic carbocycles. The highest BCUT2D eigenvalue weighted by molar-refractivity contribution is 4.84. The Morgan fingerprint density at radius 3 is 2.00 bits per heavy atom. The Bertz CT molecular complexity index is 161. The number of hydrazine groups is 1. The third-order valence-electron chi connectivity index (χ3n) is 2.75. The van der Waals surface area contributed by atoms with Crippen molar-refractivity contribution in [2.24, 2.45) is 11.3 Å². The minimum atomic E-state index is -0.208. The van der Waals surface area contributed by atoms with E-state index in [-0.39, 0.29) is 11.6 Å². The fraction of sp³-hybridized carbons (Fsp3) is 1.00. The third-order valence-corrected chi connectivity index (χ3v) is 2.75. The van der Waals surface area contributed by atoms with E-state index in [1.165, 1.54) is 0 Å². The largest absolute Gasteiger partial charge is 0.377 e. The zero-order chi connectivity index (χ0) is 11.4. The molecule has 0 aliphatic rings. The molecule has 14 heavy (non-hydrogen) atoms. The van der Waals surface area contributed by atoms with Gasteiger partial charge in [0.05, 0.1) is 5.60 Å². The smallest absolute Gasteiger partial charge is 0.0788 e. The molecule has 0 aliphatic heterocycles. The first-order chi connectivity index (χ1) is 6.23. The summed E-state index contributed by atoms with van der Waals surface area (Å²) in [5.74, 6) is 5.53. The minimum Gasteiger partial charge on any atom is -0.377 e. The van der Waals surface area contributed by atoms with Crippen molar-refractivity contribution in [3.63, 3.8) is 0 Å². The van der Waals surface area contributed by atoms with Crippen molar-refractivity contribution in [2.45, 2.75) is 59.1 Å². The topological polar surface area (TPSA) is 47.3 Å². The second kappa shape index (κ2) is 5.10. The van der Waals surface area contributed by atoms with Crippen LogP contribution in [-0.2, 0) is 4.74 Å². The maximum atomic E-state index is 5.53. The summed E-state index contributed by atoms with van der Waals surface area (Å²) in [6.07, 6.45) is 2.16. The summed E-state index contributed by atoms with van der Waals surface area (Å²) in [6.45, 7) is 10.8. The fourth-order valence-corrected chi connectivity index (χ4v) is 1.35.